The Labute approximate surface area is 126 Å². The molecule has 2 rings (SSSR count). The molecular weight excluding hydrogens is 272 g/mol. The van der Waals surface area contributed by atoms with Crippen molar-refractivity contribution in [3.63, 3.8) is 0 Å². The fourth-order valence-corrected chi connectivity index (χ4v) is 3.39. The molecule has 0 aromatic heterocycles. The summed E-state index contributed by atoms with van der Waals surface area (Å²) < 4.78 is 5.37. The number of carboxylic acids is 1. The summed E-state index contributed by atoms with van der Waals surface area (Å²) in [6.45, 7) is 7.75. The lowest BCUT2D eigenvalue weighted by molar-refractivity contribution is -0.932. The summed E-state index contributed by atoms with van der Waals surface area (Å²) >= 11 is 0. The fourth-order valence-electron chi connectivity index (χ4n) is 3.39. The molecule has 2 heterocycles. The number of nitrogens with zero attached hydrogens (tertiary/aromatic N) is 1. The maximum atomic E-state index is 12.0. The predicted molar refractivity (Wildman–Crippen MR) is 74.7 cm³/mol. The van der Waals surface area contributed by atoms with Gasteiger partial charge in [-0.3, -0.25) is 0 Å². The average molecular weight is 298 g/mol. The zero-order valence-electron chi connectivity index (χ0n) is 13.2. The van der Waals surface area contributed by atoms with E-state index in [0.29, 0.717) is 25.6 Å². The van der Waals surface area contributed by atoms with E-state index < -0.39 is 11.6 Å². The maximum Gasteiger partial charge on any atom is 0.410 e. The van der Waals surface area contributed by atoms with Crippen LogP contribution in [0.5, 0.6) is 0 Å². The van der Waals surface area contributed by atoms with Crippen LogP contribution in [0, 0.1) is 0 Å². The van der Waals surface area contributed by atoms with E-state index in [1.165, 1.54) is 0 Å². The van der Waals surface area contributed by atoms with Crippen molar-refractivity contribution < 1.29 is 24.3 Å². The van der Waals surface area contributed by atoms with Gasteiger partial charge >= 0.3 is 6.09 Å². The van der Waals surface area contributed by atoms with Crippen molar-refractivity contribution in [1.82, 2.24) is 4.90 Å². The third kappa shape index (κ3) is 4.09. The number of nitrogens with one attached hydrogen (secondary N) is 1. The minimum absolute atomic E-state index is 0.270. The molecule has 6 heteroatoms. The van der Waals surface area contributed by atoms with Crippen LogP contribution in [0.2, 0.25) is 0 Å². The highest BCUT2D eigenvalue weighted by Crippen LogP contribution is 2.15. The van der Waals surface area contributed by atoms with Crippen LogP contribution in [-0.4, -0.2) is 54.3 Å². The summed E-state index contributed by atoms with van der Waals surface area (Å²) in [5.41, 5.74) is -0.478. The van der Waals surface area contributed by atoms with Gasteiger partial charge in [0.15, 0.2) is 0 Å². The predicted octanol–water partition coefficient (Wildman–Crippen LogP) is -0.817. The van der Waals surface area contributed by atoms with E-state index >= 15 is 0 Å². The number of rotatable bonds is 2. The normalized spacial score (nSPS) is 27.7. The third-order valence-electron chi connectivity index (χ3n) is 4.36. The molecule has 0 saturated carbocycles. The molecule has 0 bridgehead atoms. The molecule has 0 radical (unpaired) electrons. The summed E-state index contributed by atoms with van der Waals surface area (Å²) in [5, 5.41) is 11.2. The van der Waals surface area contributed by atoms with Crippen LogP contribution in [0.3, 0.4) is 0 Å². The van der Waals surface area contributed by atoms with Gasteiger partial charge in [0.2, 0.25) is 0 Å². The Balaban J connectivity index is 1.86. The van der Waals surface area contributed by atoms with Crippen molar-refractivity contribution in [2.24, 2.45) is 0 Å². The van der Waals surface area contributed by atoms with E-state index in [1.807, 2.05) is 20.8 Å². The van der Waals surface area contributed by atoms with E-state index in [-0.39, 0.29) is 12.1 Å². The standard InChI is InChI=1S/C15H26N2O4/c1-15(2,3)21-14(20)16-9-6-11(7-10-16)17-8-4-5-12(17)13(18)19/h11-12H,4-10H2,1-3H3,(H,18,19)/t12-/m0/s1. The van der Waals surface area contributed by atoms with E-state index in [9.17, 15) is 14.7 Å². The largest absolute Gasteiger partial charge is 0.544 e. The van der Waals surface area contributed by atoms with Crippen LogP contribution in [-0.2, 0) is 9.53 Å². The highest BCUT2D eigenvalue weighted by molar-refractivity contribution is 5.69. The van der Waals surface area contributed by atoms with Crippen LogP contribution in [0.15, 0.2) is 0 Å². The summed E-state index contributed by atoms with van der Waals surface area (Å²) in [5.74, 6) is -0.933. The van der Waals surface area contributed by atoms with Gasteiger partial charge in [-0.1, -0.05) is 0 Å². The molecule has 1 amide bonds. The SMILES string of the molecule is CC(C)(C)OC(=O)N1CCC([NH+]2CCC[C@H]2C(=O)[O-])CC1. The number of piperidine rings is 1. The van der Waals surface area contributed by atoms with Crippen LogP contribution in [0.4, 0.5) is 4.79 Å². The lowest BCUT2D eigenvalue weighted by Crippen LogP contribution is -3.19. The number of carbonyl (C=O) groups is 2. The molecule has 0 aromatic carbocycles. The van der Waals surface area contributed by atoms with Gasteiger partial charge in [-0.25, -0.2) is 4.79 Å². The Morgan fingerprint density at radius 2 is 1.81 bits per heavy atom. The molecule has 1 N–H and O–H groups in total. The highest BCUT2D eigenvalue weighted by atomic mass is 16.6. The highest BCUT2D eigenvalue weighted by Gasteiger charge is 2.38. The van der Waals surface area contributed by atoms with Gasteiger partial charge in [-0.05, 0) is 20.8 Å². The molecule has 120 valence electrons. The first-order chi connectivity index (χ1) is 9.78. The molecule has 2 aliphatic heterocycles. The van der Waals surface area contributed by atoms with Crippen molar-refractivity contribution in [3.8, 4) is 0 Å². The monoisotopic (exact) mass is 298 g/mol. The van der Waals surface area contributed by atoms with Crippen LogP contribution in [0.1, 0.15) is 46.5 Å². The second-order valence-electron chi connectivity index (χ2n) is 7.08. The topological polar surface area (TPSA) is 74.1 Å². The second-order valence-corrected chi connectivity index (χ2v) is 7.08. The molecule has 0 aromatic rings. The molecule has 2 fully saturated rings. The van der Waals surface area contributed by atoms with Crippen LogP contribution in [0.25, 0.3) is 0 Å². The molecule has 0 aliphatic carbocycles. The fraction of sp³-hybridized carbons (Fsp3) is 0.867. The van der Waals surface area contributed by atoms with Gasteiger partial charge in [-0.15, -0.1) is 0 Å². The number of quaternary nitrogens is 1. The first-order valence-corrected chi connectivity index (χ1v) is 7.82. The minimum atomic E-state index is -0.933. The zero-order valence-corrected chi connectivity index (χ0v) is 13.2. The number of likely N-dealkylation sites (tertiary alicyclic amines) is 2. The van der Waals surface area contributed by atoms with Gasteiger partial charge in [0.05, 0.1) is 18.6 Å². The van der Waals surface area contributed by atoms with E-state index in [2.05, 4.69) is 0 Å². The number of hydrogen-bond donors (Lipinski definition) is 1. The quantitative estimate of drug-likeness (QED) is 0.723. The summed E-state index contributed by atoms with van der Waals surface area (Å²) in [6.07, 6.45) is 3.05. The van der Waals surface area contributed by atoms with Crippen LogP contribution >= 0.6 is 0 Å². The van der Waals surface area contributed by atoms with Crippen molar-refractivity contribution in [2.45, 2.75) is 64.1 Å². The number of carboxylic acid groups (broad SMARTS) is 1. The summed E-state index contributed by atoms with van der Waals surface area (Å²) in [6, 6.07) is -0.0582. The number of ether oxygens (including phenoxy) is 1. The number of carbonyl (C=O) groups excluding carboxylic acids is 2. The molecule has 0 spiro atoms. The Morgan fingerprint density at radius 3 is 2.33 bits per heavy atom. The molecule has 6 nitrogen and oxygen atoms in total. The number of hydrogen-bond acceptors (Lipinski definition) is 4. The van der Waals surface area contributed by atoms with Crippen molar-refractivity contribution in [1.29, 1.82) is 0 Å². The smallest absolute Gasteiger partial charge is 0.410 e. The van der Waals surface area contributed by atoms with Gasteiger partial charge < -0.3 is 24.4 Å². The van der Waals surface area contributed by atoms with Crippen molar-refractivity contribution in [3.05, 3.63) is 0 Å². The Morgan fingerprint density at radius 1 is 1.19 bits per heavy atom. The second kappa shape index (κ2) is 6.22. The van der Waals surface area contributed by atoms with Crippen molar-refractivity contribution in [2.75, 3.05) is 19.6 Å². The average Bonchev–Trinajstić information content (AvgIpc) is 2.86. The van der Waals surface area contributed by atoms with Gasteiger partial charge in [0.1, 0.15) is 11.6 Å². The summed E-state index contributed by atoms with van der Waals surface area (Å²) in [7, 11) is 0. The third-order valence-corrected chi connectivity index (χ3v) is 4.36. The zero-order chi connectivity index (χ0) is 15.6. The molecule has 2 aliphatic rings. The van der Waals surface area contributed by atoms with Gasteiger partial charge in [-0.2, -0.15) is 0 Å². The molecular formula is C15H26N2O4. The first-order valence-electron chi connectivity index (χ1n) is 7.82. The van der Waals surface area contributed by atoms with Gasteiger partial charge in [0, 0.05) is 38.8 Å². The maximum absolute atomic E-state index is 12.0. The number of amides is 1. The van der Waals surface area contributed by atoms with Gasteiger partial charge in [0.25, 0.3) is 0 Å². The molecule has 2 saturated heterocycles. The Hall–Kier alpha value is -1.30. The molecule has 21 heavy (non-hydrogen) atoms. The van der Waals surface area contributed by atoms with Crippen molar-refractivity contribution >= 4 is 12.1 Å². The summed E-state index contributed by atoms with van der Waals surface area (Å²) in [4.78, 5) is 26.0. The number of aliphatic carboxylic acids is 1. The Bertz CT molecular complexity index is 397. The molecule has 1 unspecified atom stereocenters. The van der Waals surface area contributed by atoms with E-state index in [1.54, 1.807) is 4.90 Å². The lowest BCUT2D eigenvalue weighted by Gasteiger charge is -2.37. The first kappa shape index (κ1) is 16.1. The minimum Gasteiger partial charge on any atom is -0.544 e. The van der Waals surface area contributed by atoms with Crippen LogP contribution < -0.4 is 10.0 Å². The molecule has 2 atom stereocenters. The lowest BCUT2D eigenvalue weighted by atomic mass is 10.0. The van der Waals surface area contributed by atoms with E-state index in [0.717, 1.165) is 30.7 Å². The Kier molecular flexibility index (Phi) is 4.76. The van der Waals surface area contributed by atoms with E-state index in [4.69, 9.17) is 4.74 Å².